The highest BCUT2D eigenvalue weighted by Crippen LogP contribution is 2.21. The van der Waals surface area contributed by atoms with Crippen molar-refractivity contribution in [3.05, 3.63) is 29.3 Å². The fourth-order valence-corrected chi connectivity index (χ4v) is 2.77. The van der Waals surface area contributed by atoms with Gasteiger partial charge in [-0.3, -0.25) is 14.5 Å². The third-order valence-corrected chi connectivity index (χ3v) is 4.33. The molecule has 0 saturated carbocycles. The first-order chi connectivity index (χ1) is 13.1. The lowest BCUT2D eigenvalue weighted by Gasteiger charge is -2.26. The number of hydrogen-bond acceptors (Lipinski definition) is 6. The van der Waals surface area contributed by atoms with Crippen molar-refractivity contribution in [2.45, 2.75) is 12.8 Å². The van der Waals surface area contributed by atoms with Gasteiger partial charge in [0.2, 0.25) is 0 Å². The van der Waals surface area contributed by atoms with E-state index >= 15 is 0 Å². The number of amides is 2. The minimum atomic E-state index is -0.582. The van der Waals surface area contributed by atoms with Crippen LogP contribution in [0, 0.1) is 0 Å². The lowest BCUT2D eigenvalue weighted by Crippen LogP contribution is -2.41. The van der Waals surface area contributed by atoms with Gasteiger partial charge in [0.15, 0.2) is 0 Å². The highest BCUT2D eigenvalue weighted by Gasteiger charge is 2.15. The van der Waals surface area contributed by atoms with Crippen LogP contribution < -0.4 is 15.8 Å². The maximum atomic E-state index is 12.4. The molecule has 1 heterocycles. The number of nitrogens with one attached hydrogen (secondary N) is 1. The van der Waals surface area contributed by atoms with E-state index in [9.17, 15) is 9.59 Å². The summed E-state index contributed by atoms with van der Waals surface area (Å²) in [7, 11) is 1.65. The van der Waals surface area contributed by atoms with Crippen molar-refractivity contribution in [1.29, 1.82) is 0 Å². The Morgan fingerprint density at radius 2 is 1.96 bits per heavy atom. The van der Waals surface area contributed by atoms with Crippen molar-refractivity contribution >= 4 is 11.8 Å². The zero-order chi connectivity index (χ0) is 19.5. The number of nitrogens with two attached hydrogens (primary N) is 1. The summed E-state index contributed by atoms with van der Waals surface area (Å²) in [6, 6.07) is 4.69. The molecule has 2 rings (SSSR count). The molecule has 1 saturated heterocycles. The normalized spacial score (nSPS) is 14.7. The molecule has 0 atom stereocenters. The van der Waals surface area contributed by atoms with Gasteiger partial charge in [0.05, 0.1) is 25.4 Å². The number of primary amides is 1. The molecule has 0 spiro atoms. The van der Waals surface area contributed by atoms with E-state index < -0.39 is 5.91 Å². The molecule has 1 aliphatic heterocycles. The second kappa shape index (κ2) is 11.5. The van der Waals surface area contributed by atoms with Gasteiger partial charge >= 0.3 is 0 Å². The zero-order valence-corrected chi connectivity index (χ0v) is 15.9. The number of nitrogens with zero attached hydrogens (tertiary/aromatic N) is 1. The molecule has 0 aromatic heterocycles. The average Bonchev–Trinajstić information content (AvgIpc) is 2.68. The molecule has 2 amide bonds. The van der Waals surface area contributed by atoms with Crippen LogP contribution in [0.5, 0.6) is 5.75 Å². The van der Waals surface area contributed by atoms with E-state index in [2.05, 4.69) is 10.2 Å². The molecule has 0 radical (unpaired) electrons. The first-order valence-corrected chi connectivity index (χ1v) is 9.25. The monoisotopic (exact) mass is 379 g/mol. The van der Waals surface area contributed by atoms with Crippen molar-refractivity contribution < 1.29 is 23.8 Å². The van der Waals surface area contributed by atoms with Gasteiger partial charge in [-0.25, -0.2) is 0 Å². The lowest BCUT2D eigenvalue weighted by atomic mass is 10.1. The fraction of sp³-hybridized carbons (Fsp3) is 0.579. The van der Waals surface area contributed by atoms with Crippen LogP contribution in [-0.2, 0) is 9.47 Å². The summed E-state index contributed by atoms with van der Waals surface area (Å²) >= 11 is 0. The molecule has 1 aromatic rings. The molecule has 8 heteroatoms. The molecular weight excluding hydrogens is 350 g/mol. The molecule has 1 aromatic carbocycles. The first-order valence-electron chi connectivity index (χ1n) is 9.25. The number of benzene rings is 1. The van der Waals surface area contributed by atoms with E-state index in [0.717, 1.165) is 45.7 Å². The van der Waals surface area contributed by atoms with Gasteiger partial charge in [0.1, 0.15) is 5.75 Å². The molecule has 0 unspecified atom stereocenters. The minimum Gasteiger partial charge on any atom is -0.493 e. The highest BCUT2D eigenvalue weighted by atomic mass is 16.5. The number of carbonyl (C=O) groups is 2. The van der Waals surface area contributed by atoms with Crippen molar-refractivity contribution in [2.75, 3.05) is 59.7 Å². The van der Waals surface area contributed by atoms with Crippen molar-refractivity contribution in [2.24, 2.45) is 5.73 Å². The van der Waals surface area contributed by atoms with Crippen LogP contribution in [0.2, 0.25) is 0 Å². The molecular formula is C19H29N3O5. The number of carbonyl (C=O) groups excluding carboxylic acids is 2. The zero-order valence-electron chi connectivity index (χ0n) is 15.9. The fourth-order valence-electron chi connectivity index (χ4n) is 2.77. The van der Waals surface area contributed by atoms with Gasteiger partial charge in [-0.1, -0.05) is 0 Å². The summed E-state index contributed by atoms with van der Waals surface area (Å²) in [5.41, 5.74) is 6.11. The molecule has 1 fully saturated rings. The summed E-state index contributed by atoms with van der Waals surface area (Å²) in [6.07, 6.45) is 1.63. The maximum absolute atomic E-state index is 12.4. The van der Waals surface area contributed by atoms with Crippen LogP contribution in [0.4, 0.5) is 0 Å². The minimum absolute atomic E-state index is 0.205. The SMILES string of the molecule is COCCCCOc1cc(C(=O)NCCN2CCOCC2)ccc1C(N)=O. The summed E-state index contributed by atoms with van der Waals surface area (Å²) < 4.78 is 16.0. The Morgan fingerprint density at radius 3 is 2.67 bits per heavy atom. The van der Waals surface area contributed by atoms with Crippen LogP contribution in [-0.4, -0.2) is 76.4 Å². The Hall–Kier alpha value is -2.16. The molecule has 150 valence electrons. The van der Waals surface area contributed by atoms with E-state index in [1.54, 1.807) is 19.2 Å². The third kappa shape index (κ3) is 7.16. The lowest BCUT2D eigenvalue weighted by molar-refractivity contribution is 0.0383. The standard InChI is InChI=1S/C19H29N3O5/c1-25-10-2-3-11-27-17-14-15(4-5-16(17)18(20)23)19(24)21-6-7-22-8-12-26-13-9-22/h4-5,14H,2-3,6-13H2,1H3,(H2,20,23)(H,21,24). The smallest absolute Gasteiger partial charge is 0.252 e. The molecule has 1 aliphatic rings. The summed E-state index contributed by atoms with van der Waals surface area (Å²) in [4.78, 5) is 26.2. The Morgan fingerprint density at radius 1 is 1.22 bits per heavy atom. The second-order valence-electron chi connectivity index (χ2n) is 6.33. The number of morpholine rings is 1. The average molecular weight is 379 g/mol. The number of ether oxygens (including phenoxy) is 3. The van der Waals surface area contributed by atoms with Gasteiger partial charge in [0.25, 0.3) is 11.8 Å². The third-order valence-electron chi connectivity index (χ3n) is 4.33. The molecule has 3 N–H and O–H groups in total. The molecule has 27 heavy (non-hydrogen) atoms. The topological polar surface area (TPSA) is 103 Å². The summed E-state index contributed by atoms with van der Waals surface area (Å²) in [5.74, 6) is -0.453. The first kappa shape index (κ1) is 21.1. The van der Waals surface area contributed by atoms with Gasteiger partial charge < -0.3 is 25.3 Å². The van der Waals surface area contributed by atoms with E-state index in [0.29, 0.717) is 31.1 Å². The van der Waals surface area contributed by atoms with E-state index in [-0.39, 0.29) is 11.5 Å². The number of hydrogen-bond donors (Lipinski definition) is 2. The number of rotatable bonds is 11. The second-order valence-corrected chi connectivity index (χ2v) is 6.33. The van der Waals surface area contributed by atoms with Crippen LogP contribution in [0.1, 0.15) is 33.6 Å². The van der Waals surface area contributed by atoms with E-state index in [1.165, 1.54) is 6.07 Å². The van der Waals surface area contributed by atoms with Crippen LogP contribution in [0.15, 0.2) is 18.2 Å². The number of unbranched alkanes of at least 4 members (excludes halogenated alkanes) is 1. The molecule has 0 bridgehead atoms. The predicted octanol–water partition coefficient (Wildman–Crippen LogP) is 0.653. The van der Waals surface area contributed by atoms with E-state index in [4.69, 9.17) is 19.9 Å². The Kier molecular flexibility index (Phi) is 9.03. The number of methoxy groups -OCH3 is 1. The van der Waals surface area contributed by atoms with Crippen molar-refractivity contribution in [3.8, 4) is 5.75 Å². The summed E-state index contributed by atoms with van der Waals surface area (Å²) in [5, 5.41) is 2.90. The molecule has 0 aliphatic carbocycles. The Balaban J connectivity index is 1.89. The predicted molar refractivity (Wildman–Crippen MR) is 101 cm³/mol. The highest BCUT2D eigenvalue weighted by molar-refractivity contribution is 5.99. The van der Waals surface area contributed by atoms with Gasteiger partial charge in [0, 0.05) is 45.5 Å². The molecule has 8 nitrogen and oxygen atoms in total. The maximum Gasteiger partial charge on any atom is 0.252 e. The van der Waals surface area contributed by atoms with Crippen LogP contribution >= 0.6 is 0 Å². The van der Waals surface area contributed by atoms with Gasteiger partial charge in [-0.05, 0) is 31.0 Å². The van der Waals surface area contributed by atoms with Crippen LogP contribution in [0.25, 0.3) is 0 Å². The Bertz CT molecular complexity index is 617. The largest absolute Gasteiger partial charge is 0.493 e. The van der Waals surface area contributed by atoms with Gasteiger partial charge in [-0.2, -0.15) is 0 Å². The van der Waals surface area contributed by atoms with Crippen LogP contribution in [0.3, 0.4) is 0 Å². The van der Waals surface area contributed by atoms with Crippen molar-refractivity contribution in [1.82, 2.24) is 10.2 Å². The van der Waals surface area contributed by atoms with Crippen molar-refractivity contribution in [3.63, 3.8) is 0 Å². The summed E-state index contributed by atoms with van der Waals surface area (Å²) in [6.45, 7) is 5.61. The Labute approximate surface area is 159 Å². The van der Waals surface area contributed by atoms with Gasteiger partial charge in [-0.15, -0.1) is 0 Å². The van der Waals surface area contributed by atoms with E-state index in [1.807, 2.05) is 0 Å². The quantitative estimate of drug-likeness (QED) is 0.547.